The van der Waals surface area contributed by atoms with Crippen molar-refractivity contribution >= 4 is 23.2 Å². The van der Waals surface area contributed by atoms with Crippen molar-refractivity contribution in [2.75, 3.05) is 25.1 Å². The van der Waals surface area contributed by atoms with E-state index in [2.05, 4.69) is 0 Å². The quantitative estimate of drug-likeness (QED) is 0.561. The minimum atomic E-state index is -5.55. The zero-order valence-corrected chi connectivity index (χ0v) is 20.4. The number of fused-ring (bicyclic) bond motifs is 1. The molecule has 0 saturated carbocycles. The van der Waals surface area contributed by atoms with Gasteiger partial charge < -0.3 is 19.5 Å². The maximum atomic E-state index is 14.5. The average Bonchev–Trinajstić information content (AvgIpc) is 2.89. The van der Waals surface area contributed by atoms with Gasteiger partial charge in [0, 0.05) is 36.3 Å². The molecule has 11 heteroatoms. The number of carbonyl (C=O) groups is 3. The number of allylic oxidation sites excluding steroid dienone is 2. The smallest absolute Gasteiger partial charge is 0.456 e. The third-order valence-corrected chi connectivity index (χ3v) is 6.61. The standard InChI is InChI=1S/C27H23F3N2O6/c1-3-37-25(35)21-19(15-8-6-9-16(14-15)32(2)13-7-12-31)20-22(33)17-10-4-5-11-18(17)23(34)24(20)38-26(21,36)27(28,29)30/h4-6,8-11,14,19,21,36H,3,7,13H2,1-2H3/t19-,21-,26+/m1/s1. The Labute approximate surface area is 215 Å². The van der Waals surface area contributed by atoms with Crippen LogP contribution in [0.5, 0.6) is 0 Å². The summed E-state index contributed by atoms with van der Waals surface area (Å²) in [4.78, 5) is 41.7. The topological polar surface area (TPSA) is 117 Å². The molecule has 3 atom stereocenters. The number of aliphatic hydroxyl groups is 1. The van der Waals surface area contributed by atoms with Gasteiger partial charge >= 0.3 is 17.9 Å². The zero-order valence-electron chi connectivity index (χ0n) is 20.4. The number of benzene rings is 2. The Kier molecular flexibility index (Phi) is 7.04. The predicted molar refractivity (Wildman–Crippen MR) is 127 cm³/mol. The number of hydrogen-bond acceptors (Lipinski definition) is 8. The Hall–Kier alpha value is -4.17. The van der Waals surface area contributed by atoms with Crippen LogP contribution in [0.3, 0.4) is 0 Å². The lowest BCUT2D eigenvalue weighted by atomic mass is 9.69. The summed E-state index contributed by atoms with van der Waals surface area (Å²) < 4.78 is 53.2. The van der Waals surface area contributed by atoms with Gasteiger partial charge in [-0.1, -0.05) is 36.4 Å². The molecule has 198 valence electrons. The van der Waals surface area contributed by atoms with Crippen LogP contribution in [-0.2, 0) is 14.3 Å². The number of nitriles is 1. The number of Topliss-reactive ketones (excluding diaryl/α,β-unsaturated/α-hetero) is 2. The van der Waals surface area contributed by atoms with Crippen molar-refractivity contribution in [3.05, 3.63) is 76.6 Å². The van der Waals surface area contributed by atoms with E-state index in [-0.39, 0.29) is 29.7 Å². The van der Waals surface area contributed by atoms with Gasteiger partial charge in [-0.25, -0.2) is 0 Å². The minimum absolute atomic E-state index is 0.0448. The summed E-state index contributed by atoms with van der Waals surface area (Å²) in [7, 11) is 1.66. The van der Waals surface area contributed by atoms with Crippen LogP contribution >= 0.6 is 0 Å². The van der Waals surface area contributed by atoms with E-state index in [1.807, 2.05) is 6.07 Å². The second kappa shape index (κ2) is 9.95. The van der Waals surface area contributed by atoms with E-state index in [9.17, 15) is 32.7 Å². The first-order valence-electron chi connectivity index (χ1n) is 11.7. The Bertz CT molecular complexity index is 1380. The molecule has 1 heterocycles. The fourth-order valence-electron chi connectivity index (χ4n) is 4.79. The van der Waals surface area contributed by atoms with Gasteiger partial charge in [-0.3, -0.25) is 14.4 Å². The number of nitrogens with zero attached hydrogens (tertiary/aromatic N) is 2. The van der Waals surface area contributed by atoms with Crippen LogP contribution in [0.1, 0.15) is 45.5 Å². The van der Waals surface area contributed by atoms with Gasteiger partial charge in [-0.2, -0.15) is 18.4 Å². The maximum Gasteiger partial charge on any atom is 0.456 e. The second-order valence-corrected chi connectivity index (χ2v) is 8.87. The third-order valence-electron chi connectivity index (χ3n) is 6.61. The van der Waals surface area contributed by atoms with Crippen molar-refractivity contribution in [2.24, 2.45) is 5.92 Å². The van der Waals surface area contributed by atoms with Gasteiger partial charge in [-0.05, 0) is 24.6 Å². The van der Waals surface area contributed by atoms with Gasteiger partial charge in [0.05, 0.1) is 24.7 Å². The van der Waals surface area contributed by atoms with Crippen LogP contribution in [0.15, 0.2) is 59.9 Å². The van der Waals surface area contributed by atoms with Gasteiger partial charge in [0.25, 0.3) is 0 Å². The first-order valence-corrected chi connectivity index (χ1v) is 11.7. The van der Waals surface area contributed by atoms with Crippen molar-refractivity contribution in [1.29, 1.82) is 5.26 Å². The number of anilines is 1. The maximum absolute atomic E-state index is 14.5. The van der Waals surface area contributed by atoms with E-state index in [4.69, 9.17) is 14.7 Å². The lowest BCUT2D eigenvalue weighted by Crippen LogP contribution is -2.61. The fraction of sp³-hybridized carbons (Fsp3) is 0.333. The number of hydrogen-bond donors (Lipinski definition) is 1. The molecule has 2 aromatic carbocycles. The van der Waals surface area contributed by atoms with Gasteiger partial charge in [0.15, 0.2) is 11.5 Å². The highest BCUT2D eigenvalue weighted by atomic mass is 19.4. The number of rotatable bonds is 6. The van der Waals surface area contributed by atoms with Crippen LogP contribution in [0.25, 0.3) is 0 Å². The van der Waals surface area contributed by atoms with Crippen LogP contribution in [0, 0.1) is 17.2 Å². The van der Waals surface area contributed by atoms with Crippen molar-refractivity contribution in [1.82, 2.24) is 0 Å². The molecule has 0 aromatic heterocycles. The third kappa shape index (κ3) is 4.31. The van der Waals surface area contributed by atoms with Crippen molar-refractivity contribution in [2.45, 2.75) is 31.2 Å². The lowest BCUT2D eigenvalue weighted by Gasteiger charge is -2.45. The van der Waals surface area contributed by atoms with Crippen molar-refractivity contribution < 1.29 is 42.1 Å². The molecule has 1 aliphatic carbocycles. The molecule has 38 heavy (non-hydrogen) atoms. The molecule has 1 aliphatic heterocycles. The molecule has 1 N–H and O–H groups in total. The summed E-state index contributed by atoms with van der Waals surface area (Å²) in [5, 5.41) is 19.9. The minimum Gasteiger partial charge on any atom is -0.466 e. The first kappa shape index (κ1) is 26.9. The van der Waals surface area contributed by atoms with E-state index >= 15 is 0 Å². The fourth-order valence-corrected chi connectivity index (χ4v) is 4.79. The lowest BCUT2D eigenvalue weighted by molar-refractivity contribution is -0.375. The van der Waals surface area contributed by atoms with E-state index in [1.54, 1.807) is 18.0 Å². The molecular formula is C27H23F3N2O6. The summed E-state index contributed by atoms with van der Waals surface area (Å²) >= 11 is 0. The Balaban J connectivity index is 2.01. The summed E-state index contributed by atoms with van der Waals surface area (Å²) in [5.41, 5.74) is -0.202. The van der Waals surface area contributed by atoms with Gasteiger partial charge in [0.2, 0.25) is 5.78 Å². The highest BCUT2D eigenvalue weighted by molar-refractivity contribution is 6.27. The second-order valence-electron chi connectivity index (χ2n) is 8.87. The number of esters is 1. The van der Waals surface area contributed by atoms with E-state index < -0.39 is 52.7 Å². The molecule has 0 radical (unpaired) electrons. The number of carbonyl (C=O) groups excluding carboxylic acids is 3. The Morgan fingerprint density at radius 1 is 1.16 bits per heavy atom. The molecule has 8 nitrogen and oxygen atoms in total. The monoisotopic (exact) mass is 528 g/mol. The van der Waals surface area contributed by atoms with Crippen LogP contribution in [0.4, 0.5) is 18.9 Å². The molecule has 0 spiro atoms. The van der Waals surface area contributed by atoms with E-state index in [0.717, 1.165) is 0 Å². The van der Waals surface area contributed by atoms with E-state index in [1.165, 1.54) is 49.4 Å². The number of ketones is 2. The van der Waals surface area contributed by atoms with Crippen LogP contribution in [-0.4, -0.2) is 54.8 Å². The zero-order chi connectivity index (χ0) is 27.8. The highest BCUT2D eigenvalue weighted by Crippen LogP contribution is 2.54. The van der Waals surface area contributed by atoms with Crippen LogP contribution < -0.4 is 4.90 Å². The molecule has 0 bridgehead atoms. The summed E-state index contributed by atoms with van der Waals surface area (Å²) in [5.74, 6) is -12.6. The molecule has 4 rings (SSSR count). The molecular weight excluding hydrogens is 505 g/mol. The Morgan fingerprint density at radius 3 is 2.42 bits per heavy atom. The largest absolute Gasteiger partial charge is 0.466 e. The molecule has 0 fully saturated rings. The van der Waals surface area contributed by atoms with Gasteiger partial charge in [0.1, 0.15) is 5.92 Å². The predicted octanol–water partition coefficient (Wildman–Crippen LogP) is 3.91. The molecule has 0 saturated heterocycles. The summed E-state index contributed by atoms with van der Waals surface area (Å²) in [6.45, 7) is 1.36. The van der Waals surface area contributed by atoms with Crippen molar-refractivity contribution in [3.63, 3.8) is 0 Å². The first-order chi connectivity index (χ1) is 18.0. The normalized spacial score (nSPS) is 22.7. The highest BCUT2D eigenvalue weighted by Gasteiger charge is 2.70. The van der Waals surface area contributed by atoms with Crippen LogP contribution in [0.2, 0.25) is 0 Å². The number of ether oxygens (including phenoxy) is 2. The molecule has 2 aromatic rings. The number of halogens is 3. The molecule has 2 aliphatic rings. The number of alkyl halides is 3. The summed E-state index contributed by atoms with van der Waals surface area (Å²) in [6, 6.07) is 13.5. The van der Waals surface area contributed by atoms with Crippen molar-refractivity contribution in [3.8, 4) is 6.07 Å². The summed E-state index contributed by atoms with van der Waals surface area (Å²) in [6.07, 6.45) is -5.39. The average molecular weight is 528 g/mol. The molecule has 0 unspecified atom stereocenters. The van der Waals surface area contributed by atoms with E-state index in [0.29, 0.717) is 12.2 Å². The van der Waals surface area contributed by atoms with Gasteiger partial charge in [-0.15, -0.1) is 0 Å². The molecule has 0 amide bonds. The SMILES string of the molecule is CCOC(=O)[C@H]1[C@H](c2cccc(N(C)CCC#N)c2)C2=C(O[C@]1(O)C(F)(F)F)C(=O)c1ccccc1C2=O. The Morgan fingerprint density at radius 2 is 1.82 bits per heavy atom.